The Morgan fingerprint density at radius 1 is 1.11 bits per heavy atom. The lowest BCUT2D eigenvalue weighted by Gasteiger charge is -2.36. The molecular weight excluding hydrogens is 495 g/mol. The van der Waals surface area contributed by atoms with E-state index in [0.29, 0.717) is 73.6 Å². The van der Waals surface area contributed by atoms with E-state index in [0.717, 1.165) is 0 Å². The fourth-order valence-corrected chi connectivity index (χ4v) is 6.55. The summed E-state index contributed by atoms with van der Waals surface area (Å²) >= 11 is 0. The standard InChI is InChI=1S/C26H35FN6O3S/c1-15(2)26(34)31-8-6-18(7-9-31)37(35)23-12-19-22(13-20(23)27)36-11-10-32-14-21(29-24(19)32)25-28-17(5)30-33(25)16(3)4/h12-16,18,26,34H,6-11H2,1-5H3. The number of imidazole rings is 1. The SMILES string of the molecule is Cc1nc(-c2cn3c(n2)-c2cc(S(=O)C4CCN(C(O)C(C)C)CC4)c(F)cc2OCC3)n(C(C)C)n1. The van der Waals surface area contributed by atoms with Crippen molar-refractivity contribution in [3.8, 4) is 28.7 Å². The number of hydrogen-bond donors (Lipinski definition) is 1. The number of rotatable bonds is 6. The highest BCUT2D eigenvalue weighted by atomic mass is 32.2. The summed E-state index contributed by atoms with van der Waals surface area (Å²) in [6.07, 6.45) is 2.67. The molecule has 1 N–H and O–H groups in total. The molecule has 0 bridgehead atoms. The molecule has 0 spiro atoms. The Balaban J connectivity index is 1.46. The number of aromatic nitrogens is 5. The number of hydrogen-bond acceptors (Lipinski definition) is 7. The monoisotopic (exact) mass is 530 g/mol. The summed E-state index contributed by atoms with van der Waals surface area (Å²) in [5, 5.41) is 14.7. The van der Waals surface area contributed by atoms with Crippen LogP contribution < -0.4 is 4.74 Å². The van der Waals surface area contributed by atoms with Crippen molar-refractivity contribution < 1.29 is 18.4 Å². The molecule has 1 saturated heterocycles. The van der Waals surface area contributed by atoms with Crippen molar-refractivity contribution in [2.24, 2.45) is 5.92 Å². The number of nitrogens with zero attached hydrogens (tertiary/aromatic N) is 6. The molecule has 1 aromatic carbocycles. The summed E-state index contributed by atoms with van der Waals surface area (Å²) in [4.78, 5) is 11.6. The lowest BCUT2D eigenvalue weighted by atomic mass is 10.1. The fourth-order valence-electron chi connectivity index (χ4n) is 5.07. The Morgan fingerprint density at radius 3 is 2.51 bits per heavy atom. The Morgan fingerprint density at radius 2 is 1.84 bits per heavy atom. The summed E-state index contributed by atoms with van der Waals surface area (Å²) in [6, 6.07) is 3.09. The summed E-state index contributed by atoms with van der Waals surface area (Å²) in [5.74, 6) is 1.96. The van der Waals surface area contributed by atoms with Gasteiger partial charge in [-0.3, -0.25) is 9.11 Å². The largest absolute Gasteiger partial charge is 0.491 e. The first-order chi connectivity index (χ1) is 17.6. The van der Waals surface area contributed by atoms with E-state index in [4.69, 9.17) is 9.72 Å². The molecule has 2 aliphatic rings. The zero-order chi connectivity index (χ0) is 26.4. The number of fused-ring (bicyclic) bond motifs is 3. The molecule has 0 amide bonds. The molecule has 11 heteroatoms. The van der Waals surface area contributed by atoms with Gasteiger partial charge in [0, 0.05) is 36.6 Å². The van der Waals surface area contributed by atoms with Crippen molar-refractivity contribution in [2.45, 2.75) is 76.4 Å². The van der Waals surface area contributed by atoms with Crippen molar-refractivity contribution in [2.75, 3.05) is 19.7 Å². The number of aliphatic hydroxyl groups excluding tert-OH is 1. The molecule has 2 aromatic heterocycles. The van der Waals surface area contributed by atoms with Crippen LogP contribution in [0.1, 0.15) is 52.4 Å². The molecule has 200 valence electrons. The summed E-state index contributed by atoms with van der Waals surface area (Å²) < 4.78 is 38.5. The number of halogens is 1. The van der Waals surface area contributed by atoms with Crippen LogP contribution >= 0.6 is 0 Å². The van der Waals surface area contributed by atoms with Gasteiger partial charge < -0.3 is 14.4 Å². The van der Waals surface area contributed by atoms with Gasteiger partial charge in [0.2, 0.25) is 0 Å². The molecule has 4 heterocycles. The Kier molecular flexibility index (Phi) is 7.21. The third kappa shape index (κ3) is 4.96. The number of aryl methyl sites for hydroxylation is 1. The zero-order valence-electron chi connectivity index (χ0n) is 22.0. The predicted octanol–water partition coefficient (Wildman–Crippen LogP) is 3.78. The van der Waals surface area contributed by atoms with Crippen molar-refractivity contribution >= 4 is 10.8 Å². The molecule has 0 radical (unpaired) electrons. The minimum absolute atomic E-state index is 0.115. The number of piperidine rings is 1. The molecule has 2 aliphatic heterocycles. The maximum Gasteiger partial charge on any atom is 0.178 e. The fraction of sp³-hybridized carbons (Fsp3) is 0.577. The van der Waals surface area contributed by atoms with Gasteiger partial charge in [-0.1, -0.05) is 13.8 Å². The van der Waals surface area contributed by atoms with Crippen molar-refractivity contribution in [1.29, 1.82) is 0 Å². The molecular formula is C26H35FN6O3S. The van der Waals surface area contributed by atoms with Crippen LogP contribution in [0.2, 0.25) is 0 Å². The van der Waals surface area contributed by atoms with Gasteiger partial charge in [0.15, 0.2) is 5.82 Å². The minimum Gasteiger partial charge on any atom is -0.491 e. The van der Waals surface area contributed by atoms with E-state index < -0.39 is 22.8 Å². The smallest absolute Gasteiger partial charge is 0.178 e. The lowest BCUT2D eigenvalue weighted by molar-refractivity contribution is -0.0384. The Labute approximate surface area is 219 Å². The van der Waals surface area contributed by atoms with Gasteiger partial charge in [-0.2, -0.15) is 5.10 Å². The second kappa shape index (κ2) is 10.3. The second-order valence-corrected chi connectivity index (χ2v) is 12.2. The van der Waals surface area contributed by atoms with Crippen molar-refractivity contribution in [3.05, 3.63) is 30.0 Å². The normalized spacial score (nSPS) is 18.4. The molecule has 0 aliphatic carbocycles. The Hall–Kier alpha value is -2.63. The average molecular weight is 531 g/mol. The maximum absolute atomic E-state index is 15.2. The molecule has 5 rings (SSSR count). The van der Waals surface area contributed by atoms with E-state index in [-0.39, 0.29) is 22.1 Å². The van der Waals surface area contributed by atoms with Crippen LogP contribution in [0.25, 0.3) is 22.9 Å². The van der Waals surface area contributed by atoms with E-state index >= 15 is 4.39 Å². The second-order valence-electron chi connectivity index (χ2n) is 10.5. The van der Waals surface area contributed by atoms with Crippen LogP contribution in [-0.4, -0.2) is 69.7 Å². The van der Waals surface area contributed by atoms with Gasteiger partial charge in [-0.05, 0) is 45.6 Å². The van der Waals surface area contributed by atoms with Crippen LogP contribution in [0, 0.1) is 18.7 Å². The first-order valence-corrected chi connectivity index (χ1v) is 14.2. The van der Waals surface area contributed by atoms with Gasteiger partial charge in [0.25, 0.3) is 0 Å². The molecule has 9 nitrogen and oxygen atoms in total. The van der Waals surface area contributed by atoms with Crippen molar-refractivity contribution in [1.82, 2.24) is 29.2 Å². The van der Waals surface area contributed by atoms with Gasteiger partial charge >= 0.3 is 0 Å². The van der Waals surface area contributed by atoms with E-state index in [1.807, 2.05) is 55.0 Å². The van der Waals surface area contributed by atoms with Gasteiger partial charge in [-0.25, -0.2) is 19.0 Å². The van der Waals surface area contributed by atoms with Gasteiger partial charge in [-0.15, -0.1) is 0 Å². The van der Waals surface area contributed by atoms with Gasteiger partial charge in [0.05, 0.1) is 27.8 Å². The molecule has 3 aromatic rings. The molecule has 2 atom stereocenters. The summed E-state index contributed by atoms with van der Waals surface area (Å²) in [6.45, 7) is 12.1. The van der Waals surface area contributed by atoms with Crippen LogP contribution in [-0.2, 0) is 17.3 Å². The molecule has 0 saturated carbocycles. The highest BCUT2D eigenvalue weighted by Gasteiger charge is 2.31. The van der Waals surface area contributed by atoms with Crippen LogP contribution in [0.3, 0.4) is 0 Å². The van der Waals surface area contributed by atoms with E-state index in [1.54, 1.807) is 6.07 Å². The summed E-state index contributed by atoms with van der Waals surface area (Å²) in [5.41, 5.74) is 1.30. The topological polar surface area (TPSA) is 98.3 Å². The highest BCUT2D eigenvalue weighted by Crippen LogP contribution is 2.37. The van der Waals surface area contributed by atoms with E-state index in [1.165, 1.54) is 6.07 Å². The lowest BCUT2D eigenvalue weighted by Crippen LogP contribution is -2.45. The molecule has 2 unspecified atom stereocenters. The number of likely N-dealkylation sites (tertiary alicyclic amines) is 1. The number of ether oxygens (including phenoxy) is 1. The third-order valence-corrected chi connectivity index (χ3v) is 8.89. The van der Waals surface area contributed by atoms with E-state index in [2.05, 4.69) is 10.1 Å². The average Bonchev–Trinajstić information content (AvgIpc) is 3.43. The Bertz CT molecular complexity index is 1310. The van der Waals surface area contributed by atoms with Crippen LogP contribution in [0.4, 0.5) is 4.39 Å². The minimum atomic E-state index is -1.54. The third-order valence-electron chi connectivity index (χ3n) is 7.06. The first-order valence-electron chi connectivity index (χ1n) is 12.9. The number of benzene rings is 1. The highest BCUT2D eigenvalue weighted by molar-refractivity contribution is 7.85. The van der Waals surface area contributed by atoms with E-state index in [9.17, 15) is 9.32 Å². The molecule has 1 fully saturated rings. The quantitative estimate of drug-likeness (QED) is 0.518. The number of aliphatic hydroxyl groups is 1. The maximum atomic E-state index is 15.2. The van der Waals surface area contributed by atoms with Crippen LogP contribution in [0.15, 0.2) is 23.2 Å². The summed E-state index contributed by atoms with van der Waals surface area (Å²) in [7, 11) is -1.54. The predicted molar refractivity (Wildman–Crippen MR) is 139 cm³/mol. The molecule has 37 heavy (non-hydrogen) atoms. The van der Waals surface area contributed by atoms with Gasteiger partial charge in [0.1, 0.15) is 41.7 Å². The zero-order valence-corrected chi connectivity index (χ0v) is 22.8. The van der Waals surface area contributed by atoms with Crippen LogP contribution in [0.5, 0.6) is 5.75 Å². The van der Waals surface area contributed by atoms with Crippen molar-refractivity contribution in [3.63, 3.8) is 0 Å². The first kappa shape index (κ1) is 26.0.